The summed E-state index contributed by atoms with van der Waals surface area (Å²) in [5, 5.41) is 3.07. The predicted octanol–water partition coefficient (Wildman–Crippen LogP) is 5.90. The molecule has 5 heteroatoms. The molecule has 3 rings (SSSR count). The third-order valence-electron chi connectivity index (χ3n) is 5.39. The van der Waals surface area contributed by atoms with Gasteiger partial charge in [0, 0.05) is 23.6 Å². The number of ketones is 1. The maximum Gasteiger partial charge on any atom is 0.267 e. The van der Waals surface area contributed by atoms with Gasteiger partial charge in [0.05, 0.1) is 0 Å². The predicted molar refractivity (Wildman–Crippen MR) is 133 cm³/mol. The van der Waals surface area contributed by atoms with Gasteiger partial charge in [-0.25, -0.2) is 0 Å². The van der Waals surface area contributed by atoms with Crippen LogP contribution in [-0.2, 0) is 17.6 Å². The molecule has 1 aromatic heterocycles. The number of ether oxygens (including phenoxy) is 1. The minimum Gasteiger partial charge on any atom is -0.478 e. The molecule has 5 nitrogen and oxygen atoms in total. The second-order valence-electron chi connectivity index (χ2n) is 8.24. The van der Waals surface area contributed by atoms with E-state index >= 15 is 0 Å². The highest BCUT2D eigenvalue weighted by atomic mass is 16.5. The van der Waals surface area contributed by atoms with Gasteiger partial charge in [-0.15, -0.1) is 0 Å². The van der Waals surface area contributed by atoms with E-state index in [1.54, 1.807) is 56.6 Å². The second-order valence-corrected chi connectivity index (χ2v) is 8.24. The van der Waals surface area contributed by atoms with Crippen LogP contribution < -0.4 is 10.1 Å². The van der Waals surface area contributed by atoms with Gasteiger partial charge in [0.2, 0.25) is 0 Å². The van der Waals surface area contributed by atoms with Crippen molar-refractivity contribution in [3.05, 3.63) is 95.3 Å². The molecule has 0 unspecified atom stereocenters. The van der Waals surface area contributed by atoms with Crippen molar-refractivity contribution < 1.29 is 14.3 Å². The molecule has 3 aromatic rings. The number of nitrogens with zero attached hydrogens (tertiary/aromatic N) is 1. The first kappa shape index (κ1) is 23.9. The van der Waals surface area contributed by atoms with E-state index in [-0.39, 0.29) is 11.7 Å². The lowest BCUT2D eigenvalue weighted by Gasteiger charge is -2.27. The average molecular weight is 443 g/mol. The summed E-state index contributed by atoms with van der Waals surface area (Å²) < 4.78 is 6.04. The number of hydrogen-bond donors (Lipinski definition) is 1. The number of anilines is 1. The number of hydrogen-bond acceptors (Lipinski definition) is 4. The van der Waals surface area contributed by atoms with Crippen LogP contribution in [0.5, 0.6) is 5.75 Å². The Kier molecular flexibility index (Phi) is 7.78. The molecule has 33 heavy (non-hydrogen) atoms. The van der Waals surface area contributed by atoms with E-state index in [1.807, 2.05) is 30.3 Å². The van der Waals surface area contributed by atoms with Gasteiger partial charge < -0.3 is 10.1 Å². The molecule has 0 aliphatic rings. The molecule has 1 N–H and O–H groups in total. The van der Waals surface area contributed by atoms with Crippen molar-refractivity contribution in [2.45, 2.75) is 46.1 Å². The van der Waals surface area contributed by atoms with Gasteiger partial charge in [-0.1, -0.05) is 50.2 Å². The van der Waals surface area contributed by atoms with Gasteiger partial charge in [-0.3, -0.25) is 14.6 Å². The second kappa shape index (κ2) is 10.7. The van der Waals surface area contributed by atoms with Crippen LogP contribution in [0.15, 0.2) is 73.1 Å². The van der Waals surface area contributed by atoms with Gasteiger partial charge in [0.25, 0.3) is 5.91 Å². The number of carbonyl (C=O) groups excluding carboxylic acids is 2. The molecule has 0 atom stereocenters. The monoisotopic (exact) mass is 442 g/mol. The van der Waals surface area contributed by atoms with Crippen LogP contribution in [0.25, 0.3) is 6.08 Å². The summed E-state index contributed by atoms with van der Waals surface area (Å²) in [5.41, 5.74) is 3.22. The summed E-state index contributed by atoms with van der Waals surface area (Å²) in [7, 11) is 0. The standard InChI is InChI=1S/C28H30N2O3/c1-5-21-11-7-12-22(6-2)26(21)30-27(32)28(3,4)33-24-14-8-13-23(18-24)25(31)16-15-20-10-9-17-29-19-20/h7-19H,5-6H2,1-4H3,(H,30,32). The van der Waals surface area contributed by atoms with Crippen molar-refractivity contribution in [3.8, 4) is 5.75 Å². The Morgan fingerprint density at radius 3 is 2.33 bits per heavy atom. The first-order chi connectivity index (χ1) is 15.8. The Balaban J connectivity index is 1.74. The van der Waals surface area contributed by atoms with Crippen molar-refractivity contribution in [3.63, 3.8) is 0 Å². The normalized spacial score (nSPS) is 11.4. The zero-order valence-electron chi connectivity index (χ0n) is 19.6. The van der Waals surface area contributed by atoms with Crippen LogP contribution in [0.3, 0.4) is 0 Å². The van der Waals surface area contributed by atoms with Crippen LogP contribution in [-0.4, -0.2) is 22.3 Å². The van der Waals surface area contributed by atoms with Crippen LogP contribution in [0.1, 0.15) is 54.7 Å². The molecule has 170 valence electrons. The third-order valence-corrected chi connectivity index (χ3v) is 5.39. The molecule has 0 fully saturated rings. The van der Waals surface area contributed by atoms with Crippen molar-refractivity contribution in [2.75, 3.05) is 5.32 Å². The molecular weight excluding hydrogens is 412 g/mol. The topological polar surface area (TPSA) is 68.3 Å². The number of aromatic nitrogens is 1. The quantitative estimate of drug-likeness (QED) is 0.331. The number of benzene rings is 2. The molecule has 0 radical (unpaired) electrons. The molecule has 0 saturated heterocycles. The van der Waals surface area contributed by atoms with E-state index in [0.29, 0.717) is 11.3 Å². The lowest BCUT2D eigenvalue weighted by molar-refractivity contribution is -0.128. The minimum atomic E-state index is -1.14. The van der Waals surface area contributed by atoms with Crippen molar-refractivity contribution in [1.82, 2.24) is 4.98 Å². The van der Waals surface area contributed by atoms with Crippen molar-refractivity contribution in [2.24, 2.45) is 0 Å². The van der Waals surface area contributed by atoms with Gasteiger partial charge >= 0.3 is 0 Å². The lowest BCUT2D eigenvalue weighted by atomic mass is 10.0. The largest absolute Gasteiger partial charge is 0.478 e. The fourth-order valence-corrected chi connectivity index (χ4v) is 3.46. The molecule has 0 aliphatic carbocycles. The molecule has 0 spiro atoms. The van der Waals surface area contributed by atoms with E-state index < -0.39 is 5.60 Å². The Morgan fingerprint density at radius 2 is 1.70 bits per heavy atom. The summed E-state index contributed by atoms with van der Waals surface area (Å²) in [6, 6.07) is 16.6. The minimum absolute atomic E-state index is 0.156. The number of para-hydroxylation sites is 1. The van der Waals surface area contributed by atoms with Crippen molar-refractivity contribution in [1.29, 1.82) is 0 Å². The van der Waals surface area contributed by atoms with E-state index in [9.17, 15) is 9.59 Å². The summed E-state index contributed by atoms with van der Waals surface area (Å²) in [4.78, 5) is 29.8. The van der Waals surface area contributed by atoms with E-state index in [1.165, 1.54) is 6.08 Å². The van der Waals surface area contributed by atoms with Crippen LogP contribution in [0, 0.1) is 0 Å². The van der Waals surface area contributed by atoms with E-state index in [2.05, 4.69) is 24.1 Å². The Hall–Kier alpha value is -3.73. The van der Waals surface area contributed by atoms with Crippen LogP contribution in [0.2, 0.25) is 0 Å². The zero-order valence-corrected chi connectivity index (χ0v) is 19.6. The molecular formula is C28H30N2O3. The Bertz CT molecular complexity index is 1130. The summed E-state index contributed by atoms with van der Waals surface area (Å²) in [6.45, 7) is 7.58. The molecule has 2 aromatic carbocycles. The van der Waals surface area contributed by atoms with Crippen molar-refractivity contribution >= 4 is 23.5 Å². The smallest absolute Gasteiger partial charge is 0.267 e. The zero-order chi connectivity index (χ0) is 23.8. The number of amides is 1. The SMILES string of the molecule is CCc1cccc(CC)c1NC(=O)C(C)(C)Oc1cccc(C(=O)C=Cc2cccnc2)c1. The summed E-state index contributed by atoms with van der Waals surface area (Å²) in [6.07, 6.45) is 8.23. The fourth-order valence-electron chi connectivity index (χ4n) is 3.46. The number of pyridine rings is 1. The first-order valence-electron chi connectivity index (χ1n) is 11.2. The lowest BCUT2D eigenvalue weighted by Crippen LogP contribution is -2.43. The fraction of sp³-hybridized carbons (Fsp3) is 0.250. The van der Waals surface area contributed by atoms with Gasteiger partial charge in [-0.05, 0) is 73.7 Å². The molecule has 0 aliphatic heterocycles. The Morgan fingerprint density at radius 1 is 1.00 bits per heavy atom. The summed E-state index contributed by atoms with van der Waals surface area (Å²) >= 11 is 0. The first-order valence-corrected chi connectivity index (χ1v) is 11.2. The maximum atomic E-state index is 13.1. The third kappa shape index (κ3) is 6.16. The molecule has 0 saturated carbocycles. The summed E-state index contributed by atoms with van der Waals surface area (Å²) in [5.74, 6) is 0.0533. The number of aryl methyl sites for hydroxylation is 2. The number of rotatable bonds is 9. The number of carbonyl (C=O) groups is 2. The number of allylic oxidation sites excluding steroid dienone is 1. The average Bonchev–Trinajstić information content (AvgIpc) is 2.83. The highest BCUT2D eigenvalue weighted by Crippen LogP contribution is 2.26. The van der Waals surface area contributed by atoms with E-state index in [4.69, 9.17) is 4.74 Å². The van der Waals surface area contributed by atoms with Crippen LogP contribution in [0.4, 0.5) is 5.69 Å². The van der Waals surface area contributed by atoms with Gasteiger partial charge in [0.15, 0.2) is 11.4 Å². The van der Waals surface area contributed by atoms with Gasteiger partial charge in [0.1, 0.15) is 5.75 Å². The molecule has 1 heterocycles. The number of nitrogens with one attached hydrogen (secondary N) is 1. The molecule has 1 amide bonds. The Labute approximate surface area is 195 Å². The molecule has 0 bridgehead atoms. The van der Waals surface area contributed by atoms with Gasteiger partial charge in [-0.2, -0.15) is 0 Å². The maximum absolute atomic E-state index is 13.1. The highest BCUT2D eigenvalue weighted by molar-refractivity contribution is 6.07. The van der Waals surface area contributed by atoms with E-state index in [0.717, 1.165) is 35.2 Å². The highest BCUT2D eigenvalue weighted by Gasteiger charge is 2.31. The van der Waals surface area contributed by atoms with Crippen LogP contribution >= 0.6 is 0 Å².